The van der Waals surface area contributed by atoms with Crippen LogP contribution in [0.3, 0.4) is 0 Å². The number of anilines is 2. The van der Waals surface area contributed by atoms with Crippen LogP contribution in [0.5, 0.6) is 0 Å². The van der Waals surface area contributed by atoms with Gasteiger partial charge in [-0.1, -0.05) is 24.3 Å². The number of hydrogen-bond donors (Lipinski definition) is 2. The topological polar surface area (TPSA) is 63.1 Å². The summed E-state index contributed by atoms with van der Waals surface area (Å²) >= 11 is 0. The van der Waals surface area contributed by atoms with Crippen LogP contribution in [-0.2, 0) is 27.3 Å². The molecule has 6 heteroatoms. The van der Waals surface area contributed by atoms with Crippen LogP contribution in [0.4, 0.5) is 11.4 Å². The van der Waals surface area contributed by atoms with Crippen molar-refractivity contribution < 1.29 is 19.2 Å². The lowest BCUT2D eigenvalue weighted by Crippen LogP contribution is -3.17. The summed E-state index contributed by atoms with van der Waals surface area (Å²) in [6.45, 7) is 3.06. The Bertz CT molecular complexity index is 891. The maximum atomic E-state index is 12.7. The van der Waals surface area contributed by atoms with Crippen LogP contribution in [0.15, 0.2) is 48.5 Å². The molecule has 2 aromatic rings. The lowest BCUT2D eigenvalue weighted by Gasteiger charge is -2.31. The van der Waals surface area contributed by atoms with Gasteiger partial charge in [-0.2, -0.15) is 0 Å². The molecule has 0 radical (unpaired) electrons. The minimum absolute atomic E-state index is 0.0935. The summed E-state index contributed by atoms with van der Waals surface area (Å²) < 4.78 is 5.01. The van der Waals surface area contributed by atoms with E-state index in [4.69, 9.17) is 4.74 Å². The van der Waals surface area contributed by atoms with E-state index in [0.717, 1.165) is 29.2 Å². The highest BCUT2D eigenvalue weighted by molar-refractivity contribution is 5.91. The fourth-order valence-corrected chi connectivity index (χ4v) is 4.56. The summed E-state index contributed by atoms with van der Waals surface area (Å²) in [5.41, 5.74) is 4.33. The highest BCUT2D eigenvalue weighted by Crippen LogP contribution is 2.21. The summed E-state index contributed by atoms with van der Waals surface area (Å²) in [6, 6.07) is 15.8. The minimum atomic E-state index is -0.364. The Morgan fingerprint density at radius 2 is 1.73 bits per heavy atom. The molecule has 4 rings (SSSR count). The van der Waals surface area contributed by atoms with Gasteiger partial charge in [-0.15, -0.1) is 0 Å². The fraction of sp³-hybridized carbons (Fsp3) is 0.417. The van der Waals surface area contributed by atoms with Crippen LogP contribution >= 0.6 is 0 Å². The highest BCUT2D eigenvalue weighted by atomic mass is 16.5. The molecule has 1 unspecified atom stereocenters. The van der Waals surface area contributed by atoms with Crippen molar-refractivity contribution in [3.63, 3.8) is 0 Å². The number of carbonyl (C=O) groups excluding carboxylic acids is 2. The first-order valence-electron chi connectivity index (χ1n) is 10.8. The Morgan fingerprint density at radius 1 is 1.03 bits per heavy atom. The molecule has 6 nitrogen and oxygen atoms in total. The Labute approximate surface area is 177 Å². The number of nitrogens with one attached hydrogen (secondary N) is 2. The molecule has 0 aromatic heterocycles. The number of methoxy groups -OCH3 is 1. The lowest BCUT2D eigenvalue weighted by molar-refractivity contribution is -0.924. The predicted molar refractivity (Wildman–Crippen MR) is 117 cm³/mol. The monoisotopic (exact) mass is 408 g/mol. The number of hydrogen-bond acceptors (Lipinski definition) is 4. The quantitative estimate of drug-likeness (QED) is 0.741. The van der Waals surface area contributed by atoms with Gasteiger partial charge < -0.3 is 19.9 Å². The normalized spacial score (nSPS) is 20.9. The zero-order valence-corrected chi connectivity index (χ0v) is 17.5. The van der Waals surface area contributed by atoms with Gasteiger partial charge in [0.25, 0.3) is 5.91 Å². The van der Waals surface area contributed by atoms with Crippen molar-refractivity contribution in [1.82, 2.24) is 0 Å². The maximum Gasteiger partial charge on any atom is 0.365 e. The Balaban J connectivity index is 1.40. The van der Waals surface area contributed by atoms with Gasteiger partial charge in [-0.3, -0.25) is 4.79 Å². The lowest BCUT2D eigenvalue weighted by atomic mass is 9.94. The van der Waals surface area contributed by atoms with E-state index in [1.807, 2.05) is 30.3 Å². The van der Waals surface area contributed by atoms with Gasteiger partial charge in [0.1, 0.15) is 6.54 Å². The van der Waals surface area contributed by atoms with Crippen LogP contribution in [0.1, 0.15) is 30.4 Å². The van der Waals surface area contributed by atoms with E-state index in [1.54, 1.807) is 0 Å². The van der Waals surface area contributed by atoms with Gasteiger partial charge in [0.15, 0.2) is 12.6 Å². The van der Waals surface area contributed by atoms with Crippen LogP contribution in [0, 0.1) is 0 Å². The van der Waals surface area contributed by atoms with Crippen molar-refractivity contribution in [3.8, 4) is 0 Å². The van der Waals surface area contributed by atoms with E-state index in [2.05, 4.69) is 28.4 Å². The van der Waals surface area contributed by atoms with Crippen LogP contribution in [0.2, 0.25) is 0 Å². The van der Waals surface area contributed by atoms with Gasteiger partial charge >= 0.3 is 5.97 Å². The average Bonchev–Trinajstić information content (AvgIpc) is 2.79. The molecule has 2 atom stereocenters. The molecule has 2 heterocycles. The number of carbonyl (C=O) groups is 2. The van der Waals surface area contributed by atoms with E-state index < -0.39 is 0 Å². The van der Waals surface area contributed by atoms with Crippen molar-refractivity contribution in [2.45, 2.75) is 38.3 Å². The largest absolute Gasteiger partial charge is 0.465 e. The Morgan fingerprint density at radius 3 is 2.43 bits per heavy atom. The van der Waals surface area contributed by atoms with Crippen molar-refractivity contribution in [2.24, 2.45) is 0 Å². The number of piperidine rings is 1. The van der Waals surface area contributed by atoms with Crippen molar-refractivity contribution in [2.75, 3.05) is 37.0 Å². The third-order valence-electron chi connectivity index (χ3n) is 6.20. The minimum Gasteiger partial charge on any atom is -0.465 e. The summed E-state index contributed by atoms with van der Waals surface area (Å²) in [5, 5.41) is 2.99. The molecule has 1 fully saturated rings. The molecule has 2 N–H and O–H groups in total. The molecule has 0 aliphatic carbocycles. The summed E-state index contributed by atoms with van der Waals surface area (Å²) in [4.78, 5) is 28.4. The van der Waals surface area contributed by atoms with E-state index in [0.29, 0.717) is 13.0 Å². The molecule has 1 saturated heterocycles. The number of amides is 1. The number of nitrogens with zero attached hydrogens (tertiary/aromatic N) is 1. The van der Waals surface area contributed by atoms with Gasteiger partial charge in [-0.25, -0.2) is 4.79 Å². The molecule has 2 aliphatic rings. The number of benzene rings is 2. The molecule has 1 amide bonds. The van der Waals surface area contributed by atoms with Gasteiger partial charge in [0, 0.05) is 36.4 Å². The van der Waals surface area contributed by atoms with Crippen molar-refractivity contribution in [1.29, 1.82) is 0 Å². The van der Waals surface area contributed by atoms with Gasteiger partial charge in [-0.05, 0) is 49.1 Å². The van der Waals surface area contributed by atoms with E-state index in [-0.39, 0.29) is 24.5 Å². The number of ether oxygens (including phenoxy) is 1. The second-order valence-corrected chi connectivity index (χ2v) is 8.20. The fourth-order valence-electron chi connectivity index (χ4n) is 4.56. The summed E-state index contributed by atoms with van der Waals surface area (Å²) in [5.74, 6) is -0.359. The molecule has 158 valence electrons. The molecule has 30 heavy (non-hydrogen) atoms. The van der Waals surface area contributed by atoms with E-state index in [1.165, 1.54) is 37.6 Å². The number of esters is 1. The first kappa shape index (κ1) is 20.4. The van der Waals surface area contributed by atoms with Gasteiger partial charge in [0.2, 0.25) is 0 Å². The predicted octanol–water partition coefficient (Wildman–Crippen LogP) is 1.80. The zero-order valence-electron chi connectivity index (χ0n) is 17.5. The molecule has 2 aromatic carbocycles. The number of fused-ring (bicyclic) bond motifs is 1. The molecule has 2 aliphatic heterocycles. The van der Waals surface area contributed by atoms with E-state index >= 15 is 0 Å². The van der Waals surface area contributed by atoms with Gasteiger partial charge in [0.05, 0.1) is 7.11 Å². The molecule has 0 saturated carbocycles. The third-order valence-corrected chi connectivity index (χ3v) is 6.20. The summed E-state index contributed by atoms with van der Waals surface area (Å²) in [6.07, 6.45) is 4.37. The van der Waals surface area contributed by atoms with Crippen LogP contribution in [-0.4, -0.2) is 44.7 Å². The second-order valence-electron chi connectivity index (χ2n) is 8.20. The summed E-state index contributed by atoms with van der Waals surface area (Å²) in [7, 11) is 1.41. The number of quaternary nitrogens is 1. The maximum absolute atomic E-state index is 12.7. The van der Waals surface area contributed by atoms with E-state index in [9.17, 15) is 9.59 Å². The zero-order chi connectivity index (χ0) is 20.9. The van der Waals surface area contributed by atoms with Crippen molar-refractivity contribution >= 4 is 23.3 Å². The SMILES string of the molecule is COC(=O)[C@H]1Cc2ccccc2C[NH+]1CC(=O)Nc1ccc(N2CCCCC2)cc1. The molecular formula is C24H30N3O3+. The van der Waals surface area contributed by atoms with Crippen LogP contribution in [0.25, 0.3) is 0 Å². The van der Waals surface area contributed by atoms with Crippen LogP contribution < -0.4 is 15.1 Å². The highest BCUT2D eigenvalue weighted by Gasteiger charge is 2.37. The molecule has 0 bridgehead atoms. The first-order valence-corrected chi connectivity index (χ1v) is 10.8. The number of rotatable bonds is 5. The third kappa shape index (κ3) is 4.65. The second kappa shape index (κ2) is 9.30. The Hall–Kier alpha value is -2.86. The molecule has 0 spiro atoms. The Kier molecular flexibility index (Phi) is 6.33. The first-order chi connectivity index (χ1) is 14.6. The standard InChI is InChI=1S/C24H29N3O3/c1-30-24(29)22-15-18-7-3-4-8-19(18)16-27(22)17-23(28)25-20-9-11-21(12-10-20)26-13-5-2-6-14-26/h3-4,7-12,22H,2,5-6,13-17H2,1H3,(H,25,28)/p+1/t22-/m1/s1. The average molecular weight is 409 g/mol. The van der Waals surface area contributed by atoms with Crippen molar-refractivity contribution in [3.05, 3.63) is 59.7 Å². The molecular weight excluding hydrogens is 378 g/mol. The smallest absolute Gasteiger partial charge is 0.365 e.